The molecular weight excluding hydrogens is 414 g/mol. The van der Waals surface area contributed by atoms with Crippen LogP contribution < -0.4 is 16.0 Å². The summed E-state index contributed by atoms with van der Waals surface area (Å²) in [5.74, 6) is 1.10. The molecule has 0 saturated carbocycles. The standard InChI is InChI=1S/C27H43N3O3/c1-22-11-10-16-25(19-22)30-27(32)21-33-18-9-3-4-12-23-13-5-6-14-24(23)15-7-8-17-29-20-26(31)28-2/h5-6,10-11,13,16,22,24,29H,3-4,7-9,12,14-15,17-21H2,1-2H3,(H,28,31)(H,30,32). The SMILES string of the molecule is CNC(=O)CNCCCCC1CC=CC=C1CCCCCOCC(=O)NC1=CC=CC(C)C1. The number of likely N-dealkylation sites (N-methyl/N-ethyl adjacent to an activating group) is 1. The van der Waals surface area contributed by atoms with Gasteiger partial charge in [-0.15, -0.1) is 0 Å². The fourth-order valence-corrected chi connectivity index (χ4v) is 4.27. The van der Waals surface area contributed by atoms with E-state index < -0.39 is 0 Å². The van der Waals surface area contributed by atoms with Crippen LogP contribution in [0.1, 0.15) is 64.7 Å². The van der Waals surface area contributed by atoms with Crippen LogP contribution in [0.3, 0.4) is 0 Å². The van der Waals surface area contributed by atoms with Gasteiger partial charge in [0.25, 0.3) is 0 Å². The smallest absolute Gasteiger partial charge is 0.250 e. The maximum Gasteiger partial charge on any atom is 0.250 e. The molecule has 0 saturated heterocycles. The number of hydrogen-bond donors (Lipinski definition) is 3. The number of nitrogens with one attached hydrogen (secondary N) is 3. The van der Waals surface area contributed by atoms with Gasteiger partial charge in [0.15, 0.2) is 0 Å². The summed E-state index contributed by atoms with van der Waals surface area (Å²) in [6.07, 6.45) is 22.8. The second kappa shape index (κ2) is 16.4. The van der Waals surface area contributed by atoms with E-state index in [1.165, 1.54) is 12.8 Å². The average Bonchev–Trinajstić information content (AvgIpc) is 2.81. The van der Waals surface area contributed by atoms with E-state index in [4.69, 9.17) is 4.74 Å². The molecule has 0 fully saturated rings. The number of rotatable bonds is 16. The molecule has 0 aromatic carbocycles. The molecule has 2 atom stereocenters. The van der Waals surface area contributed by atoms with Crippen molar-refractivity contribution in [2.75, 3.05) is 33.4 Å². The third kappa shape index (κ3) is 12.0. The van der Waals surface area contributed by atoms with Crippen molar-refractivity contribution in [1.82, 2.24) is 16.0 Å². The first-order chi connectivity index (χ1) is 16.1. The topological polar surface area (TPSA) is 79.5 Å². The summed E-state index contributed by atoms with van der Waals surface area (Å²) in [5, 5.41) is 8.76. The van der Waals surface area contributed by atoms with Gasteiger partial charge in [-0.1, -0.05) is 55.7 Å². The molecule has 0 aromatic heterocycles. The second-order valence-electron chi connectivity index (χ2n) is 9.12. The average molecular weight is 458 g/mol. The van der Waals surface area contributed by atoms with E-state index in [-0.39, 0.29) is 18.4 Å². The van der Waals surface area contributed by atoms with E-state index in [0.717, 1.165) is 57.2 Å². The predicted molar refractivity (Wildman–Crippen MR) is 135 cm³/mol. The summed E-state index contributed by atoms with van der Waals surface area (Å²) in [5.41, 5.74) is 2.54. The van der Waals surface area contributed by atoms with Gasteiger partial charge in [-0.25, -0.2) is 0 Å². The Labute approximate surface area is 200 Å². The Kier molecular flexibility index (Phi) is 13.5. The molecular formula is C27H43N3O3. The van der Waals surface area contributed by atoms with E-state index in [0.29, 0.717) is 25.0 Å². The lowest BCUT2D eigenvalue weighted by Gasteiger charge is -2.22. The van der Waals surface area contributed by atoms with Gasteiger partial charge in [0.1, 0.15) is 6.61 Å². The van der Waals surface area contributed by atoms with Gasteiger partial charge >= 0.3 is 0 Å². The first-order valence-electron chi connectivity index (χ1n) is 12.6. The molecule has 6 heteroatoms. The number of allylic oxidation sites excluding steroid dienone is 8. The highest BCUT2D eigenvalue weighted by Crippen LogP contribution is 2.29. The Morgan fingerprint density at radius 1 is 1.06 bits per heavy atom. The Morgan fingerprint density at radius 3 is 2.76 bits per heavy atom. The lowest BCUT2D eigenvalue weighted by atomic mass is 9.84. The molecule has 0 spiro atoms. The quantitative estimate of drug-likeness (QED) is 0.304. The number of amides is 2. The fraction of sp³-hybridized carbons (Fsp3) is 0.630. The van der Waals surface area contributed by atoms with E-state index in [2.05, 4.69) is 47.2 Å². The zero-order valence-corrected chi connectivity index (χ0v) is 20.5. The van der Waals surface area contributed by atoms with Crippen LogP contribution in [-0.2, 0) is 14.3 Å². The maximum absolute atomic E-state index is 12.0. The lowest BCUT2D eigenvalue weighted by molar-refractivity contribution is -0.125. The number of ether oxygens (including phenoxy) is 1. The van der Waals surface area contributed by atoms with Gasteiger partial charge in [0.2, 0.25) is 11.8 Å². The van der Waals surface area contributed by atoms with Crippen LogP contribution in [0, 0.1) is 11.8 Å². The maximum atomic E-state index is 12.0. The van der Waals surface area contributed by atoms with Gasteiger partial charge in [-0.2, -0.15) is 0 Å². The summed E-state index contributed by atoms with van der Waals surface area (Å²) in [4.78, 5) is 23.2. The molecule has 3 N–H and O–H groups in total. The van der Waals surface area contributed by atoms with E-state index in [1.54, 1.807) is 12.6 Å². The number of hydrogen-bond acceptors (Lipinski definition) is 4. The van der Waals surface area contributed by atoms with Crippen LogP contribution in [0.2, 0.25) is 0 Å². The van der Waals surface area contributed by atoms with Crippen LogP contribution in [0.5, 0.6) is 0 Å². The third-order valence-corrected chi connectivity index (χ3v) is 6.18. The minimum atomic E-state index is -0.0606. The monoisotopic (exact) mass is 457 g/mol. The molecule has 0 radical (unpaired) electrons. The number of carbonyl (C=O) groups excluding carboxylic acids is 2. The molecule has 33 heavy (non-hydrogen) atoms. The van der Waals surface area contributed by atoms with Crippen molar-refractivity contribution in [3.05, 3.63) is 47.7 Å². The van der Waals surface area contributed by atoms with E-state index >= 15 is 0 Å². The first-order valence-corrected chi connectivity index (χ1v) is 12.6. The highest BCUT2D eigenvalue weighted by molar-refractivity contribution is 5.79. The van der Waals surface area contributed by atoms with Gasteiger partial charge in [0, 0.05) is 19.4 Å². The number of unbranched alkanes of at least 4 members (excludes halogenated alkanes) is 3. The summed E-state index contributed by atoms with van der Waals surface area (Å²) in [6, 6.07) is 0. The lowest BCUT2D eigenvalue weighted by Crippen LogP contribution is -2.31. The highest BCUT2D eigenvalue weighted by atomic mass is 16.5. The largest absolute Gasteiger partial charge is 0.372 e. The Balaban J connectivity index is 1.49. The van der Waals surface area contributed by atoms with Gasteiger partial charge in [-0.05, 0) is 69.4 Å². The Morgan fingerprint density at radius 2 is 1.94 bits per heavy atom. The Hall–Kier alpha value is -2.18. The fourth-order valence-electron chi connectivity index (χ4n) is 4.27. The van der Waals surface area contributed by atoms with Crippen molar-refractivity contribution in [2.45, 2.75) is 64.7 Å². The minimum Gasteiger partial charge on any atom is -0.372 e. The van der Waals surface area contributed by atoms with Crippen LogP contribution >= 0.6 is 0 Å². The predicted octanol–water partition coefficient (Wildman–Crippen LogP) is 4.17. The molecule has 2 unspecified atom stereocenters. The Bertz CT molecular complexity index is 724. The minimum absolute atomic E-state index is 0.0377. The van der Waals surface area contributed by atoms with Crippen molar-refractivity contribution in [2.24, 2.45) is 11.8 Å². The van der Waals surface area contributed by atoms with Gasteiger partial charge in [-0.3, -0.25) is 9.59 Å². The summed E-state index contributed by atoms with van der Waals surface area (Å²) >= 11 is 0. The summed E-state index contributed by atoms with van der Waals surface area (Å²) in [6.45, 7) is 4.20. The molecule has 184 valence electrons. The molecule has 0 aliphatic heterocycles. The summed E-state index contributed by atoms with van der Waals surface area (Å²) in [7, 11) is 1.66. The number of carbonyl (C=O) groups is 2. The molecule has 6 nitrogen and oxygen atoms in total. The molecule has 2 amide bonds. The molecule has 0 heterocycles. The second-order valence-corrected chi connectivity index (χ2v) is 9.12. The van der Waals surface area contributed by atoms with Crippen LogP contribution in [0.25, 0.3) is 0 Å². The summed E-state index contributed by atoms with van der Waals surface area (Å²) < 4.78 is 5.57. The zero-order valence-electron chi connectivity index (χ0n) is 20.5. The normalized spacial score (nSPS) is 19.7. The van der Waals surface area contributed by atoms with Crippen molar-refractivity contribution in [3.8, 4) is 0 Å². The molecule has 0 bridgehead atoms. The van der Waals surface area contributed by atoms with Crippen molar-refractivity contribution < 1.29 is 14.3 Å². The molecule has 2 aliphatic carbocycles. The molecule has 2 aliphatic rings. The van der Waals surface area contributed by atoms with Crippen LogP contribution in [-0.4, -0.2) is 45.2 Å². The van der Waals surface area contributed by atoms with E-state index in [1.807, 2.05) is 12.2 Å². The van der Waals surface area contributed by atoms with Crippen LogP contribution in [0.4, 0.5) is 0 Å². The van der Waals surface area contributed by atoms with E-state index in [9.17, 15) is 9.59 Å². The zero-order chi connectivity index (χ0) is 23.7. The van der Waals surface area contributed by atoms with Crippen molar-refractivity contribution in [1.29, 1.82) is 0 Å². The van der Waals surface area contributed by atoms with Crippen molar-refractivity contribution >= 4 is 11.8 Å². The van der Waals surface area contributed by atoms with Crippen LogP contribution in [0.15, 0.2) is 47.7 Å². The highest BCUT2D eigenvalue weighted by Gasteiger charge is 2.15. The molecule has 2 rings (SSSR count). The first kappa shape index (κ1) is 27.1. The van der Waals surface area contributed by atoms with Gasteiger partial charge in [0.05, 0.1) is 6.54 Å². The van der Waals surface area contributed by atoms with Crippen molar-refractivity contribution in [3.63, 3.8) is 0 Å². The molecule has 0 aromatic rings. The third-order valence-electron chi connectivity index (χ3n) is 6.18. The van der Waals surface area contributed by atoms with Gasteiger partial charge < -0.3 is 20.7 Å².